The number of rotatable bonds is 6. The number of carbonyl (C=O) groups excluding carboxylic acids is 2. The number of carboxylic acids is 1. The minimum atomic E-state index is -2.40. The lowest BCUT2D eigenvalue weighted by molar-refractivity contribution is -0.196. The van der Waals surface area contributed by atoms with Gasteiger partial charge in [-0.05, 0) is 35.9 Å². The molecule has 3 rings (SSSR count). The molecule has 0 aliphatic heterocycles. The minimum Gasteiger partial charge on any atom is -0.504 e. The van der Waals surface area contributed by atoms with E-state index in [2.05, 4.69) is 0 Å². The Morgan fingerprint density at radius 2 is 1.67 bits per heavy atom. The zero-order chi connectivity index (χ0) is 24.2. The van der Waals surface area contributed by atoms with Crippen LogP contribution in [0.1, 0.15) is 28.8 Å². The SMILES string of the molecule is O=C(C=Cc1ccc(O)c(O)c1)OC1CC(O)(C(=O)O)CC(O)C1OC(=O)c1ccccc1. The Hall–Kier alpha value is -3.89. The molecule has 1 fully saturated rings. The quantitative estimate of drug-likeness (QED) is 0.241. The molecule has 0 saturated heterocycles. The molecule has 2 aromatic carbocycles. The van der Waals surface area contributed by atoms with Gasteiger partial charge in [-0.1, -0.05) is 24.3 Å². The number of hydrogen-bond donors (Lipinski definition) is 5. The maximum Gasteiger partial charge on any atom is 0.338 e. The van der Waals surface area contributed by atoms with Crippen LogP contribution in [0, 0.1) is 0 Å². The number of hydrogen-bond acceptors (Lipinski definition) is 9. The van der Waals surface area contributed by atoms with Crippen LogP contribution in [0.25, 0.3) is 6.08 Å². The topological polar surface area (TPSA) is 171 Å². The van der Waals surface area contributed by atoms with Crippen molar-refractivity contribution in [3.05, 3.63) is 65.7 Å². The molecule has 0 radical (unpaired) electrons. The van der Waals surface area contributed by atoms with Gasteiger partial charge in [0.1, 0.15) is 6.10 Å². The van der Waals surface area contributed by atoms with Gasteiger partial charge in [0.25, 0.3) is 0 Å². The van der Waals surface area contributed by atoms with Crippen molar-refractivity contribution in [1.29, 1.82) is 0 Å². The van der Waals surface area contributed by atoms with E-state index in [1.807, 2.05) is 0 Å². The molecule has 0 bridgehead atoms. The average molecular weight is 458 g/mol. The summed E-state index contributed by atoms with van der Waals surface area (Å²) >= 11 is 0. The molecule has 0 heterocycles. The number of ether oxygens (including phenoxy) is 2. The van der Waals surface area contributed by atoms with E-state index in [1.54, 1.807) is 18.2 Å². The highest BCUT2D eigenvalue weighted by Crippen LogP contribution is 2.33. The van der Waals surface area contributed by atoms with Crippen LogP contribution >= 0.6 is 0 Å². The van der Waals surface area contributed by atoms with E-state index in [4.69, 9.17) is 9.47 Å². The Morgan fingerprint density at radius 3 is 2.30 bits per heavy atom. The molecule has 0 amide bonds. The number of aliphatic hydroxyl groups is 2. The molecule has 5 N–H and O–H groups in total. The minimum absolute atomic E-state index is 0.167. The molecule has 4 unspecified atom stereocenters. The van der Waals surface area contributed by atoms with E-state index in [0.717, 1.165) is 6.08 Å². The third-order valence-electron chi connectivity index (χ3n) is 5.16. The first-order valence-corrected chi connectivity index (χ1v) is 9.89. The van der Waals surface area contributed by atoms with Gasteiger partial charge in [0.2, 0.25) is 0 Å². The Kier molecular flexibility index (Phi) is 7.00. The van der Waals surface area contributed by atoms with Crippen molar-refractivity contribution in [3.63, 3.8) is 0 Å². The van der Waals surface area contributed by atoms with Crippen molar-refractivity contribution >= 4 is 24.0 Å². The fourth-order valence-electron chi connectivity index (χ4n) is 3.44. The summed E-state index contributed by atoms with van der Waals surface area (Å²) in [5, 5.41) is 49.0. The monoisotopic (exact) mass is 458 g/mol. The number of aromatic hydroxyl groups is 2. The first-order chi connectivity index (χ1) is 15.6. The second kappa shape index (κ2) is 9.72. The first-order valence-electron chi connectivity index (χ1n) is 9.89. The molecule has 0 aromatic heterocycles. The van der Waals surface area contributed by atoms with Crippen LogP contribution in [0.4, 0.5) is 0 Å². The summed E-state index contributed by atoms with van der Waals surface area (Å²) in [5.41, 5.74) is -1.88. The van der Waals surface area contributed by atoms with E-state index in [1.165, 1.54) is 36.4 Å². The predicted molar refractivity (Wildman–Crippen MR) is 112 cm³/mol. The van der Waals surface area contributed by atoms with Crippen molar-refractivity contribution < 1.29 is 49.4 Å². The van der Waals surface area contributed by atoms with Gasteiger partial charge in [-0.15, -0.1) is 0 Å². The number of esters is 2. The molecule has 10 heteroatoms. The summed E-state index contributed by atoms with van der Waals surface area (Å²) in [7, 11) is 0. The molecule has 33 heavy (non-hydrogen) atoms. The zero-order valence-electron chi connectivity index (χ0n) is 17.2. The maximum absolute atomic E-state index is 12.4. The molecular weight excluding hydrogens is 436 g/mol. The van der Waals surface area contributed by atoms with Crippen LogP contribution in [-0.2, 0) is 19.1 Å². The Morgan fingerprint density at radius 1 is 0.970 bits per heavy atom. The normalized spacial score (nSPS) is 24.8. The van der Waals surface area contributed by atoms with Gasteiger partial charge in [-0.3, -0.25) is 0 Å². The third kappa shape index (κ3) is 5.68. The maximum atomic E-state index is 12.4. The summed E-state index contributed by atoms with van der Waals surface area (Å²) in [6.45, 7) is 0. The van der Waals surface area contributed by atoms with Gasteiger partial charge in [0.05, 0.1) is 11.7 Å². The summed E-state index contributed by atoms with van der Waals surface area (Å²) in [6, 6.07) is 11.6. The van der Waals surface area contributed by atoms with Crippen LogP contribution in [0.2, 0.25) is 0 Å². The Labute approximate surface area is 187 Å². The largest absolute Gasteiger partial charge is 0.504 e. The molecule has 2 aromatic rings. The van der Waals surface area contributed by atoms with Crippen molar-refractivity contribution in [2.45, 2.75) is 36.8 Å². The average Bonchev–Trinajstić information content (AvgIpc) is 2.77. The lowest BCUT2D eigenvalue weighted by Crippen LogP contribution is -2.58. The van der Waals surface area contributed by atoms with Gasteiger partial charge in [-0.25, -0.2) is 14.4 Å². The van der Waals surface area contributed by atoms with Gasteiger partial charge in [-0.2, -0.15) is 0 Å². The van der Waals surface area contributed by atoms with Crippen LogP contribution in [-0.4, -0.2) is 67.4 Å². The van der Waals surface area contributed by atoms with Crippen molar-refractivity contribution in [2.24, 2.45) is 0 Å². The smallest absolute Gasteiger partial charge is 0.338 e. The number of carboxylic acid groups (broad SMARTS) is 1. The van der Waals surface area contributed by atoms with Crippen LogP contribution in [0.3, 0.4) is 0 Å². The van der Waals surface area contributed by atoms with Gasteiger partial charge in [0, 0.05) is 18.9 Å². The predicted octanol–water partition coefficient (Wildman–Crippen LogP) is 1.22. The second-order valence-corrected chi connectivity index (χ2v) is 7.61. The van der Waals surface area contributed by atoms with E-state index in [0.29, 0.717) is 5.56 Å². The Bertz CT molecular complexity index is 1060. The third-order valence-corrected chi connectivity index (χ3v) is 5.16. The van der Waals surface area contributed by atoms with Crippen LogP contribution in [0.5, 0.6) is 11.5 Å². The number of aliphatic carboxylic acids is 1. The fraction of sp³-hybridized carbons (Fsp3) is 0.261. The lowest BCUT2D eigenvalue weighted by atomic mass is 9.79. The number of aliphatic hydroxyl groups excluding tert-OH is 1. The molecule has 1 aliphatic rings. The highest BCUT2D eigenvalue weighted by Gasteiger charge is 2.52. The number of phenolic OH excluding ortho intramolecular Hbond substituents is 2. The van der Waals surface area contributed by atoms with Crippen molar-refractivity contribution in [1.82, 2.24) is 0 Å². The summed E-state index contributed by atoms with van der Waals surface area (Å²) < 4.78 is 10.5. The fourth-order valence-corrected chi connectivity index (χ4v) is 3.44. The van der Waals surface area contributed by atoms with E-state index in [-0.39, 0.29) is 11.3 Å². The standard InChI is InChI=1S/C23H22O10/c24-15-8-6-13(10-16(15)25)7-9-19(27)32-18-12-23(31,22(29)30)11-17(26)20(18)33-21(28)14-4-2-1-3-5-14/h1-10,17-18,20,24-26,31H,11-12H2,(H,29,30). The molecule has 10 nitrogen and oxygen atoms in total. The number of phenols is 2. The molecular formula is C23H22O10. The van der Waals surface area contributed by atoms with Crippen LogP contribution in [0.15, 0.2) is 54.6 Å². The van der Waals surface area contributed by atoms with Crippen molar-refractivity contribution in [2.75, 3.05) is 0 Å². The lowest BCUT2D eigenvalue weighted by Gasteiger charge is -2.40. The summed E-state index contributed by atoms with van der Waals surface area (Å²) in [4.78, 5) is 36.3. The summed E-state index contributed by atoms with van der Waals surface area (Å²) in [5.74, 6) is -4.17. The van der Waals surface area contributed by atoms with Gasteiger partial charge >= 0.3 is 17.9 Å². The first kappa shape index (κ1) is 23.8. The number of benzene rings is 2. The molecule has 1 aliphatic carbocycles. The van der Waals surface area contributed by atoms with Gasteiger partial charge < -0.3 is 35.0 Å². The van der Waals surface area contributed by atoms with Crippen molar-refractivity contribution in [3.8, 4) is 11.5 Å². The van der Waals surface area contributed by atoms with E-state index in [9.17, 15) is 39.9 Å². The van der Waals surface area contributed by atoms with Gasteiger partial charge in [0.15, 0.2) is 23.2 Å². The Balaban J connectivity index is 1.78. The van der Waals surface area contributed by atoms with E-state index < -0.39 is 60.4 Å². The highest BCUT2D eigenvalue weighted by atomic mass is 16.6. The van der Waals surface area contributed by atoms with E-state index >= 15 is 0 Å². The number of carbonyl (C=O) groups is 3. The summed E-state index contributed by atoms with van der Waals surface area (Å²) in [6.07, 6.45) is -3.54. The highest BCUT2D eigenvalue weighted by molar-refractivity contribution is 5.90. The molecule has 4 atom stereocenters. The molecule has 0 spiro atoms. The zero-order valence-corrected chi connectivity index (χ0v) is 17.2. The molecule has 1 saturated carbocycles. The van der Waals surface area contributed by atoms with Crippen LogP contribution < -0.4 is 0 Å². The second-order valence-electron chi connectivity index (χ2n) is 7.61. The molecule has 174 valence electrons.